The molecule has 1 amide bonds. The number of hydrogen-bond donors (Lipinski definition) is 2. The first-order chi connectivity index (χ1) is 12.6. The second-order valence-electron chi connectivity index (χ2n) is 6.13. The van der Waals surface area contributed by atoms with Crippen LogP contribution in [0.25, 0.3) is 0 Å². The summed E-state index contributed by atoms with van der Waals surface area (Å²) in [7, 11) is 0. The third-order valence-electron chi connectivity index (χ3n) is 4.31. The van der Waals surface area contributed by atoms with E-state index in [0.717, 1.165) is 40.6 Å². The van der Waals surface area contributed by atoms with Gasteiger partial charge in [-0.2, -0.15) is 5.10 Å². The average molecular weight is 349 g/mol. The Morgan fingerprint density at radius 2 is 1.62 bits per heavy atom. The summed E-state index contributed by atoms with van der Waals surface area (Å²) in [5.41, 5.74) is 5.66. The predicted octanol–water partition coefficient (Wildman–Crippen LogP) is 3.84. The lowest BCUT2D eigenvalue weighted by Crippen LogP contribution is -2.15. The molecule has 26 heavy (non-hydrogen) atoms. The van der Waals surface area contributed by atoms with E-state index in [4.69, 9.17) is 0 Å². The first-order valence-electron chi connectivity index (χ1n) is 8.66. The van der Waals surface area contributed by atoms with Crippen molar-refractivity contribution in [3.63, 3.8) is 0 Å². The van der Waals surface area contributed by atoms with Gasteiger partial charge in [0.15, 0.2) is 0 Å². The zero-order valence-electron chi connectivity index (χ0n) is 15.3. The van der Waals surface area contributed by atoms with Crippen LogP contribution in [0.4, 0.5) is 17.1 Å². The van der Waals surface area contributed by atoms with Gasteiger partial charge < -0.3 is 10.6 Å². The smallest absolute Gasteiger partial charge is 0.228 e. The van der Waals surface area contributed by atoms with E-state index in [-0.39, 0.29) is 5.91 Å². The third kappa shape index (κ3) is 4.08. The molecule has 0 radical (unpaired) electrons. The summed E-state index contributed by atoms with van der Waals surface area (Å²) < 4.78 is 1.93. The number of aryl methyl sites for hydroxylation is 2. The van der Waals surface area contributed by atoms with Crippen LogP contribution in [-0.2, 0) is 17.8 Å². The summed E-state index contributed by atoms with van der Waals surface area (Å²) in [6.07, 6.45) is 3.80. The summed E-state index contributed by atoms with van der Waals surface area (Å²) in [6.45, 7) is 6.80. The van der Waals surface area contributed by atoms with Gasteiger partial charge in [0.2, 0.25) is 5.91 Å². The maximum Gasteiger partial charge on any atom is 0.228 e. The fourth-order valence-electron chi connectivity index (χ4n) is 2.90. The zero-order valence-corrected chi connectivity index (χ0v) is 15.3. The van der Waals surface area contributed by atoms with E-state index in [1.165, 1.54) is 0 Å². The predicted molar refractivity (Wildman–Crippen MR) is 104 cm³/mol. The SMILES string of the molecule is CCn1nc(C)c(CC(=O)Nc2ccc(Nc3ccncc3)cc2)c1C. The Morgan fingerprint density at radius 3 is 2.23 bits per heavy atom. The molecule has 0 atom stereocenters. The molecule has 0 aliphatic heterocycles. The maximum absolute atomic E-state index is 12.4. The minimum Gasteiger partial charge on any atom is -0.355 e. The van der Waals surface area contributed by atoms with Crippen LogP contribution in [0.2, 0.25) is 0 Å². The molecular formula is C20H23N5O. The van der Waals surface area contributed by atoms with E-state index >= 15 is 0 Å². The molecule has 0 spiro atoms. The maximum atomic E-state index is 12.4. The van der Waals surface area contributed by atoms with Crippen molar-refractivity contribution in [3.05, 3.63) is 65.7 Å². The van der Waals surface area contributed by atoms with Crippen molar-refractivity contribution in [1.82, 2.24) is 14.8 Å². The lowest BCUT2D eigenvalue weighted by Gasteiger charge is -2.09. The van der Waals surface area contributed by atoms with Crippen molar-refractivity contribution < 1.29 is 4.79 Å². The van der Waals surface area contributed by atoms with Crippen LogP contribution in [0.3, 0.4) is 0 Å². The first kappa shape index (κ1) is 17.7. The van der Waals surface area contributed by atoms with Gasteiger partial charge in [0.1, 0.15) is 0 Å². The lowest BCUT2D eigenvalue weighted by atomic mass is 10.1. The fourth-order valence-corrected chi connectivity index (χ4v) is 2.90. The van der Waals surface area contributed by atoms with E-state index < -0.39 is 0 Å². The number of amides is 1. The lowest BCUT2D eigenvalue weighted by molar-refractivity contribution is -0.115. The number of hydrogen-bond acceptors (Lipinski definition) is 4. The third-order valence-corrected chi connectivity index (χ3v) is 4.31. The monoisotopic (exact) mass is 349 g/mol. The van der Waals surface area contributed by atoms with Gasteiger partial charge in [-0.05, 0) is 57.2 Å². The number of nitrogens with zero attached hydrogens (tertiary/aromatic N) is 3. The zero-order chi connectivity index (χ0) is 18.5. The molecule has 6 heteroatoms. The normalized spacial score (nSPS) is 10.6. The van der Waals surface area contributed by atoms with E-state index in [0.29, 0.717) is 6.42 Å². The second-order valence-corrected chi connectivity index (χ2v) is 6.13. The number of pyridine rings is 1. The highest BCUT2D eigenvalue weighted by atomic mass is 16.1. The van der Waals surface area contributed by atoms with Crippen molar-refractivity contribution in [1.29, 1.82) is 0 Å². The Balaban J connectivity index is 1.62. The van der Waals surface area contributed by atoms with Gasteiger partial charge in [-0.3, -0.25) is 14.5 Å². The van der Waals surface area contributed by atoms with Crippen LogP contribution in [0.1, 0.15) is 23.9 Å². The minimum atomic E-state index is -0.0401. The van der Waals surface area contributed by atoms with Crippen molar-refractivity contribution in [3.8, 4) is 0 Å². The molecule has 2 N–H and O–H groups in total. The van der Waals surface area contributed by atoms with Gasteiger partial charge in [-0.25, -0.2) is 0 Å². The van der Waals surface area contributed by atoms with Gasteiger partial charge in [0.05, 0.1) is 12.1 Å². The highest BCUT2D eigenvalue weighted by Gasteiger charge is 2.14. The largest absolute Gasteiger partial charge is 0.355 e. The Hall–Kier alpha value is -3.15. The Bertz CT molecular complexity index is 885. The Morgan fingerprint density at radius 1 is 1.00 bits per heavy atom. The van der Waals surface area contributed by atoms with Gasteiger partial charge in [0.25, 0.3) is 0 Å². The van der Waals surface area contributed by atoms with E-state index in [1.54, 1.807) is 12.4 Å². The van der Waals surface area contributed by atoms with Crippen molar-refractivity contribution in [2.75, 3.05) is 10.6 Å². The van der Waals surface area contributed by atoms with Crippen LogP contribution in [0, 0.1) is 13.8 Å². The number of nitrogens with one attached hydrogen (secondary N) is 2. The molecule has 134 valence electrons. The van der Waals surface area contributed by atoms with Crippen LogP contribution < -0.4 is 10.6 Å². The average Bonchev–Trinajstić information content (AvgIpc) is 2.92. The van der Waals surface area contributed by atoms with Gasteiger partial charge in [-0.1, -0.05) is 0 Å². The van der Waals surface area contributed by atoms with E-state index in [2.05, 4.69) is 20.7 Å². The Labute approximate surface area is 153 Å². The summed E-state index contributed by atoms with van der Waals surface area (Å²) >= 11 is 0. The number of anilines is 3. The number of carbonyl (C=O) groups is 1. The fraction of sp³-hybridized carbons (Fsp3) is 0.250. The molecule has 2 aromatic heterocycles. The second kappa shape index (κ2) is 7.82. The highest BCUT2D eigenvalue weighted by Crippen LogP contribution is 2.19. The van der Waals surface area contributed by atoms with Crippen LogP contribution in [-0.4, -0.2) is 20.7 Å². The molecule has 0 bridgehead atoms. The van der Waals surface area contributed by atoms with Crippen molar-refractivity contribution in [2.24, 2.45) is 0 Å². The number of rotatable bonds is 6. The highest BCUT2D eigenvalue weighted by molar-refractivity contribution is 5.92. The summed E-state index contributed by atoms with van der Waals surface area (Å²) in [5.74, 6) is -0.0401. The summed E-state index contributed by atoms with van der Waals surface area (Å²) in [6, 6.07) is 11.4. The van der Waals surface area contributed by atoms with Crippen molar-refractivity contribution in [2.45, 2.75) is 33.7 Å². The topological polar surface area (TPSA) is 71.8 Å². The molecule has 3 rings (SSSR count). The molecule has 0 unspecified atom stereocenters. The molecule has 6 nitrogen and oxygen atoms in total. The molecule has 2 heterocycles. The Kier molecular flexibility index (Phi) is 5.31. The first-order valence-corrected chi connectivity index (χ1v) is 8.66. The number of carbonyl (C=O) groups excluding carboxylic acids is 1. The molecule has 0 aliphatic rings. The molecule has 1 aromatic carbocycles. The number of aromatic nitrogens is 3. The quantitative estimate of drug-likeness (QED) is 0.709. The molecule has 3 aromatic rings. The molecule has 0 saturated heterocycles. The molecule has 0 saturated carbocycles. The number of benzene rings is 1. The minimum absolute atomic E-state index is 0.0401. The molecule has 0 fully saturated rings. The van der Waals surface area contributed by atoms with Crippen LogP contribution in [0.5, 0.6) is 0 Å². The van der Waals surface area contributed by atoms with E-state index in [1.807, 2.05) is 61.9 Å². The van der Waals surface area contributed by atoms with Crippen molar-refractivity contribution >= 4 is 23.0 Å². The molecular weight excluding hydrogens is 326 g/mol. The molecule has 0 aliphatic carbocycles. The van der Waals surface area contributed by atoms with Gasteiger partial charge in [0, 0.05) is 47.3 Å². The standard InChI is InChI=1S/C20H23N5O/c1-4-25-15(3)19(14(2)24-25)13-20(26)23-17-7-5-16(6-8-17)22-18-9-11-21-12-10-18/h5-12H,4,13H2,1-3H3,(H,21,22)(H,23,26). The van der Waals surface area contributed by atoms with Crippen LogP contribution in [0.15, 0.2) is 48.8 Å². The van der Waals surface area contributed by atoms with Gasteiger partial charge in [-0.15, -0.1) is 0 Å². The van der Waals surface area contributed by atoms with Gasteiger partial charge >= 0.3 is 0 Å². The summed E-state index contributed by atoms with van der Waals surface area (Å²) in [4.78, 5) is 16.4. The summed E-state index contributed by atoms with van der Waals surface area (Å²) in [5, 5.41) is 10.7. The van der Waals surface area contributed by atoms with Crippen LogP contribution >= 0.6 is 0 Å². The van der Waals surface area contributed by atoms with E-state index in [9.17, 15) is 4.79 Å².